The van der Waals surface area contributed by atoms with E-state index in [2.05, 4.69) is 0 Å². The molecule has 6 heteroatoms. The van der Waals surface area contributed by atoms with E-state index in [9.17, 15) is 12.8 Å². The van der Waals surface area contributed by atoms with Gasteiger partial charge in [0, 0.05) is 6.61 Å². The molecule has 0 radical (unpaired) electrons. The average Bonchev–Trinajstić information content (AvgIpc) is 2.29. The summed E-state index contributed by atoms with van der Waals surface area (Å²) in [5.74, 6) is -0.540. The van der Waals surface area contributed by atoms with Gasteiger partial charge in [0.1, 0.15) is 5.82 Å². The van der Waals surface area contributed by atoms with Crippen LogP contribution >= 0.6 is 0 Å². The van der Waals surface area contributed by atoms with Gasteiger partial charge in [-0.1, -0.05) is 0 Å². The van der Waals surface area contributed by atoms with Crippen LogP contribution in [0.4, 0.5) is 10.1 Å². The fraction of sp³-hybridized carbons (Fsp3) is 0.455. The zero-order valence-corrected chi connectivity index (χ0v) is 10.0. The first-order valence-corrected chi connectivity index (χ1v) is 6.93. The van der Waals surface area contributed by atoms with E-state index in [0.29, 0.717) is 19.4 Å². The van der Waals surface area contributed by atoms with Crippen molar-refractivity contribution in [1.29, 1.82) is 0 Å². The van der Waals surface area contributed by atoms with Crippen molar-refractivity contribution < 1.29 is 17.5 Å². The van der Waals surface area contributed by atoms with E-state index in [1.54, 1.807) is 0 Å². The summed E-state index contributed by atoms with van der Waals surface area (Å²) in [6, 6.07) is 3.35. The summed E-state index contributed by atoms with van der Waals surface area (Å²) in [4.78, 5) is -0.00519. The molecule has 1 aromatic rings. The number of sulfone groups is 1. The lowest BCUT2D eigenvalue weighted by molar-refractivity contribution is 0.0991. The van der Waals surface area contributed by atoms with Gasteiger partial charge in [-0.15, -0.1) is 0 Å². The second kappa shape index (κ2) is 4.62. The highest BCUT2D eigenvalue weighted by atomic mass is 32.2. The number of nitrogens with two attached hydrogens (primary N) is 1. The number of nitrogen functional groups attached to an aromatic ring is 1. The van der Waals surface area contributed by atoms with Crippen LogP contribution in [0.15, 0.2) is 23.1 Å². The zero-order chi connectivity index (χ0) is 12.5. The molecule has 2 N–H and O–H groups in total. The third-order valence-electron chi connectivity index (χ3n) is 2.84. The molecule has 1 heterocycles. The number of hydrogen-bond donors (Lipinski definition) is 1. The number of hydrogen-bond acceptors (Lipinski definition) is 4. The quantitative estimate of drug-likeness (QED) is 0.643. The van der Waals surface area contributed by atoms with Crippen LogP contribution in [0.25, 0.3) is 0 Å². The van der Waals surface area contributed by atoms with Gasteiger partial charge in [-0.25, -0.2) is 12.8 Å². The lowest BCUT2D eigenvalue weighted by Crippen LogP contribution is -2.31. The fourth-order valence-corrected chi connectivity index (χ4v) is 3.67. The Hall–Kier alpha value is -1.14. The molecule has 1 aromatic carbocycles. The van der Waals surface area contributed by atoms with Crippen molar-refractivity contribution >= 4 is 15.5 Å². The van der Waals surface area contributed by atoms with Gasteiger partial charge >= 0.3 is 0 Å². The van der Waals surface area contributed by atoms with Gasteiger partial charge in [-0.05, 0) is 31.0 Å². The second-order valence-corrected chi connectivity index (χ2v) is 6.26. The first-order valence-electron chi connectivity index (χ1n) is 5.38. The van der Waals surface area contributed by atoms with Crippen LogP contribution in [-0.2, 0) is 14.6 Å². The molecule has 1 fully saturated rings. The summed E-state index contributed by atoms with van der Waals surface area (Å²) < 4.78 is 42.5. The van der Waals surface area contributed by atoms with Gasteiger partial charge in [-0.2, -0.15) is 0 Å². The molecule has 1 aliphatic heterocycles. The van der Waals surface area contributed by atoms with Gasteiger partial charge in [0.15, 0.2) is 9.84 Å². The number of anilines is 1. The summed E-state index contributed by atoms with van der Waals surface area (Å²) in [6.07, 6.45) is 1.27. The molecule has 0 amide bonds. The van der Waals surface area contributed by atoms with E-state index >= 15 is 0 Å². The Balaban J connectivity index is 2.37. The largest absolute Gasteiger partial charge is 0.398 e. The first-order chi connectivity index (χ1) is 8.01. The second-order valence-electron chi connectivity index (χ2n) is 4.07. The summed E-state index contributed by atoms with van der Waals surface area (Å²) in [7, 11) is -3.53. The Morgan fingerprint density at radius 1 is 1.41 bits per heavy atom. The molecule has 1 saturated heterocycles. The minimum Gasteiger partial charge on any atom is -0.398 e. The van der Waals surface area contributed by atoms with Gasteiger partial charge in [0.2, 0.25) is 0 Å². The molecular weight excluding hydrogens is 245 g/mol. The molecule has 0 saturated carbocycles. The Labute approximate surface area is 99.5 Å². The number of ether oxygens (including phenoxy) is 1. The van der Waals surface area contributed by atoms with Crippen molar-refractivity contribution in [1.82, 2.24) is 0 Å². The van der Waals surface area contributed by atoms with Crippen LogP contribution in [0.2, 0.25) is 0 Å². The smallest absolute Gasteiger partial charge is 0.185 e. The third-order valence-corrected chi connectivity index (χ3v) is 5.07. The first kappa shape index (κ1) is 12.3. The normalized spacial score (nSPS) is 21.4. The highest BCUT2D eigenvalue weighted by Crippen LogP contribution is 2.27. The van der Waals surface area contributed by atoms with Gasteiger partial charge in [-0.3, -0.25) is 0 Å². The standard InChI is InChI=1S/C11H14FNO3S/c12-8-3-4-11(10(13)6-8)17(14,15)9-2-1-5-16-7-9/h3-4,6,9H,1-2,5,7,13H2. The molecule has 17 heavy (non-hydrogen) atoms. The lowest BCUT2D eigenvalue weighted by Gasteiger charge is -2.22. The fourth-order valence-electron chi connectivity index (χ4n) is 1.91. The molecule has 0 aromatic heterocycles. The molecule has 0 spiro atoms. The molecule has 2 rings (SSSR count). The SMILES string of the molecule is Nc1cc(F)ccc1S(=O)(=O)C1CCCOC1. The topological polar surface area (TPSA) is 69.4 Å². The summed E-state index contributed by atoms with van der Waals surface area (Å²) >= 11 is 0. The maximum absolute atomic E-state index is 12.9. The Bertz CT molecular complexity index is 509. The molecule has 1 aliphatic rings. The zero-order valence-electron chi connectivity index (χ0n) is 9.23. The molecule has 4 nitrogen and oxygen atoms in total. The maximum atomic E-state index is 12.9. The van der Waals surface area contributed by atoms with Crippen molar-refractivity contribution in [2.75, 3.05) is 18.9 Å². The van der Waals surface area contributed by atoms with Crippen molar-refractivity contribution in [2.45, 2.75) is 23.0 Å². The van der Waals surface area contributed by atoms with Crippen LogP contribution in [0, 0.1) is 5.82 Å². The summed E-state index contributed by atoms with van der Waals surface area (Å²) in [6.45, 7) is 0.768. The van der Waals surface area contributed by atoms with Crippen molar-refractivity contribution in [2.24, 2.45) is 0 Å². The molecule has 1 atom stereocenters. The minimum absolute atomic E-state index is 0.00519. The highest BCUT2D eigenvalue weighted by molar-refractivity contribution is 7.92. The van der Waals surface area contributed by atoms with Gasteiger partial charge < -0.3 is 10.5 Å². The Kier molecular flexibility index (Phi) is 3.35. The average molecular weight is 259 g/mol. The predicted octanol–water partition coefficient (Wildman–Crippen LogP) is 1.36. The third kappa shape index (κ3) is 2.42. The van der Waals surface area contributed by atoms with Gasteiger partial charge in [0.25, 0.3) is 0 Å². The van der Waals surface area contributed by atoms with E-state index in [1.165, 1.54) is 6.07 Å². The number of benzene rings is 1. The van der Waals surface area contributed by atoms with E-state index < -0.39 is 20.9 Å². The molecule has 1 unspecified atom stereocenters. The summed E-state index contributed by atoms with van der Waals surface area (Å²) in [5, 5.41) is -0.580. The predicted molar refractivity (Wildman–Crippen MR) is 61.8 cm³/mol. The van der Waals surface area contributed by atoms with Crippen molar-refractivity contribution in [3.63, 3.8) is 0 Å². The van der Waals surface area contributed by atoms with E-state index in [1.807, 2.05) is 0 Å². The maximum Gasteiger partial charge on any atom is 0.185 e. The number of halogens is 1. The highest BCUT2D eigenvalue weighted by Gasteiger charge is 2.31. The Morgan fingerprint density at radius 3 is 2.76 bits per heavy atom. The van der Waals surface area contributed by atoms with Crippen molar-refractivity contribution in [3.05, 3.63) is 24.0 Å². The van der Waals surface area contributed by atoms with Crippen LogP contribution in [0.5, 0.6) is 0 Å². The monoisotopic (exact) mass is 259 g/mol. The van der Waals surface area contributed by atoms with Crippen LogP contribution < -0.4 is 5.73 Å². The van der Waals surface area contributed by atoms with Crippen LogP contribution in [0.1, 0.15) is 12.8 Å². The van der Waals surface area contributed by atoms with E-state index in [4.69, 9.17) is 10.5 Å². The van der Waals surface area contributed by atoms with Crippen LogP contribution in [0.3, 0.4) is 0 Å². The van der Waals surface area contributed by atoms with Crippen LogP contribution in [-0.4, -0.2) is 26.9 Å². The Morgan fingerprint density at radius 2 is 2.18 bits per heavy atom. The lowest BCUT2D eigenvalue weighted by atomic mass is 10.2. The minimum atomic E-state index is -3.53. The number of rotatable bonds is 2. The van der Waals surface area contributed by atoms with E-state index in [0.717, 1.165) is 12.1 Å². The van der Waals surface area contributed by atoms with Gasteiger partial charge in [0.05, 0.1) is 22.4 Å². The van der Waals surface area contributed by atoms with Crippen molar-refractivity contribution in [3.8, 4) is 0 Å². The summed E-state index contributed by atoms with van der Waals surface area (Å²) in [5.41, 5.74) is 5.51. The van der Waals surface area contributed by atoms with E-state index in [-0.39, 0.29) is 17.2 Å². The molecule has 0 bridgehead atoms. The molecular formula is C11H14FNO3S. The molecule has 94 valence electrons. The molecule has 0 aliphatic carbocycles.